The molecule has 216 valence electrons. The van der Waals surface area contributed by atoms with Crippen molar-refractivity contribution >= 4 is 17.5 Å². The molecule has 9 nitrogen and oxygen atoms in total. The molecule has 4 heterocycles. The molecule has 40 heavy (non-hydrogen) atoms. The third kappa shape index (κ3) is 5.84. The first-order chi connectivity index (χ1) is 19.0. The number of nitrogens with two attached hydrogens (primary N) is 1. The Morgan fingerprint density at radius 1 is 1.07 bits per heavy atom. The van der Waals surface area contributed by atoms with E-state index in [1.54, 1.807) is 12.1 Å². The lowest BCUT2D eigenvalue weighted by molar-refractivity contribution is -0.137. The third-order valence-corrected chi connectivity index (χ3v) is 8.71. The number of carbonyl (C=O) groups excluding carboxylic acids is 2. The van der Waals surface area contributed by atoms with Crippen molar-refractivity contribution < 1.29 is 27.9 Å². The van der Waals surface area contributed by atoms with Crippen molar-refractivity contribution in [1.29, 1.82) is 0 Å². The number of aromatic nitrogens is 2. The lowest BCUT2D eigenvalue weighted by Crippen LogP contribution is -2.61. The van der Waals surface area contributed by atoms with Gasteiger partial charge in [0.15, 0.2) is 5.78 Å². The van der Waals surface area contributed by atoms with E-state index in [1.165, 1.54) is 12.4 Å². The summed E-state index contributed by atoms with van der Waals surface area (Å²) in [7, 11) is 0. The highest BCUT2D eigenvalue weighted by Gasteiger charge is 2.47. The molecule has 5 N–H and O–H groups in total. The fourth-order valence-electron chi connectivity index (χ4n) is 6.33. The predicted molar refractivity (Wildman–Crippen MR) is 141 cm³/mol. The van der Waals surface area contributed by atoms with Crippen molar-refractivity contribution in [2.45, 2.75) is 68.3 Å². The Morgan fingerprint density at radius 3 is 2.38 bits per heavy atom. The van der Waals surface area contributed by atoms with Gasteiger partial charge in [0.2, 0.25) is 5.91 Å². The van der Waals surface area contributed by atoms with Crippen LogP contribution in [0.1, 0.15) is 66.6 Å². The largest absolute Gasteiger partial charge is 0.416 e. The van der Waals surface area contributed by atoms with Crippen LogP contribution in [0.3, 0.4) is 0 Å². The van der Waals surface area contributed by atoms with Crippen molar-refractivity contribution in [3.63, 3.8) is 0 Å². The number of ketones is 1. The van der Waals surface area contributed by atoms with Crippen LogP contribution in [-0.2, 0) is 16.6 Å². The summed E-state index contributed by atoms with van der Waals surface area (Å²) in [6.45, 7) is 2.18. The Balaban J connectivity index is 1.19. The zero-order valence-corrected chi connectivity index (χ0v) is 22.2. The number of primary amides is 1. The standard InChI is InChI=1S/C28H35F3N6O3/c29-28(30,31)20-5-11-34-23(15-20)37-13-6-18(7-14-37)24(38)26(10-12-33-17-26)36-21-3-8-27(40,9-4-21)22-2-1-19(16-35-22)25(32)39/h1-2,5,11,15-16,18,21,33,36,40H,3-4,6-10,12-14,17H2,(H2,32,39)/t21?,26-,27?/m0/s1. The molecule has 0 radical (unpaired) electrons. The minimum atomic E-state index is -4.43. The average Bonchev–Trinajstić information content (AvgIpc) is 3.43. The fourth-order valence-corrected chi connectivity index (χ4v) is 6.33. The first-order valence-electron chi connectivity index (χ1n) is 13.8. The van der Waals surface area contributed by atoms with Gasteiger partial charge in [-0.25, -0.2) is 4.98 Å². The van der Waals surface area contributed by atoms with Gasteiger partial charge in [0.05, 0.1) is 22.4 Å². The molecule has 3 aliphatic rings. The minimum absolute atomic E-state index is 0.0448. The van der Waals surface area contributed by atoms with Crippen LogP contribution in [0.2, 0.25) is 0 Å². The van der Waals surface area contributed by atoms with E-state index in [-0.39, 0.29) is 29.1 Å². The van der Waals surface area contributed by atoms with E-state index in [9.17, 15) is 27.9 Å². The summed E-state index contributed by atoms with van der Waals surface area (Å²) < 4.78 is 39.4. The highest BCUT2D eigenvalue weighted by atomic mass is 19.4. The van der Waals surface area contributed by atoms with Gasteiger partial charge in [0.1, 0.15) is 11.4 Å². The Labute approximate surface area is 230 Å². The van der Waals surface area contributed by atoms with Crippen LogP contribution in [0.5, 0.6) is 0 Å². The van der Waals surface area contributed by atoms with E-state index in [1.807, 2.05) is 4.90 Å². The Hall–Kier alpha value is -3.09. The molecule has 5 rings (SSSR count). The SMILES string of the molecule is NC(=O)c1ccc(C2(O)CCC(N[C@@]3(C(=O)C4CCN(c5cc(C(F)(F)F)ccn5)CC4)CCNC3)CC2)nc1. The van der Waals surface area contributed by atoms with E-state index < -0.39 is 28.8 Å². The summed E-state index contributed by atoms with van der Waals surface area (Å²) in [5.74, 6) is -0.330. The molecule has 0 spiro atoms. The second-order valence-corrected chi connectivity index (χ2v) is 11.3. The molecule has 0 bridgehead atoms. The Kier molecular flexibility index (Phi) is 7.86. The summed E-state index contributed by atoms with van der Waals surface area (Å²) in [6.07, 6.45) is 2.14. The van der Waals surface area contributed by atoms with E-state index in [0.29, 0.717) is 70.3 Å². The van der Waals surface area contributed by atoms with Crippen molar-refractivity contribution in [3.8, 4) is 0 Å². The number of Topliss-reactive ketones (excluding diaryl/α,β-unsaturated/α-hetero) is 1. The zero-order chi connectivity index (χ0) is 28.5. The maximum atomic E-state index is 13.9. The number of nitrogens with zero attached hydrogens (tertiary/aromatic N) is 3. The van der Waals surface area contributed by atoms with Gasteiger partial charge < -0.3 is 26.4 Å². The second-order valence-electron chi connectivity index (χ2n) is 11.3. The van der Waals surface area contributed by atoms with Gasteiger partial charge in [-0.1, -0.05) is 0 Å². The number of alkyl halides is 3. The van der Waals surface area contributed by atoms with Crippen LogP contribution in [-0.4, -0.2) is 64.5 Å². The summed E-state index contributed by atoms with van der Waals surface area (Å²) in [4.78, 5) is 35.4. The average molecular weight is 561 g/mol. The van der Waals surface area contributed by atoms with Crippen LogP contribution < -0.4 is 21.3 Å². The highest BCUT2D eigenvalue weighted by Crippen LogP contribution is 2.38. The zero-order valence-electron chi connectivity index (χ0n) is 22.2. The number of hydrogen-bond acceptors (Lipinski definition) is 8. The summed E-state index contributed by atoms with van der Waals surface area (Å²) in [5.41, 5.74) is 3.54. The molecule has 3 fully saturated rings. The molecule has 0 unspecified atom stereocenters. The minimum Gasteiger partial charge on any atom is -0.384 e. The van der Waals surface area contributed by atoms with E-state index in [2.05, 4.69) is 20.6 Å². The third-order valence-electron chi connectivity index (χ3n) is 8.71. The van der Waals surface area contributed by atoms with Gasteiger partial charge in [-0.2, -0.15) is 13.2 Å². The van der Waals surface area contributed by atoms with E-state index in [0.717, 1.165) is 18.7 Å². The first kappa shape index (κ1) is 28.4. The molecule has 2 aliphatic heterocycles. The van der Waals surface area contributed by atoms with Crippen molar-refractivity contribution in [2.75, 3.05) is 31.1 Å². The quantitative estimate of drug-likeness (QED) is 0.406. The molecular weight excluding hydrogens is 525 g/mol. The van der Waals surface area contributed by atoms with Gasteiger partial charge >= 0.3 is 6.18 Å². The topological polar surface area (TPSA) is 133 Å². The highest BCUT2D eigenvalue weighted by molar-refractivity contribution is 5.92. The molecular formula is C28H35F3N6O3. The summed E-state index contributed by atoms with van der Waals surface area (Å²) in [5, 5.41) is 18.2. The molecule has 2 aromatic heterocycles. The molecule has 1 atom stereocenters. The van der Waals surface area contributed by atoms with Crippen molar-refractivity contribution in [1.82, 2.24) is 20.6 Å². The lowest BCUT2D eigenvalue weighted by Gasteiger charge is -2.42. The number of piperidine rings is 1. The van der Waals surface area contributed by atoms with Crippen LogP contribution in [0.25, 0.3) is 0 Å². The number of pyridine rings is 2. The maximum Gasteiger partial charge on any atom is 0.416 e. The molecule has 1 saturated carbocycles. The number of nitrogens with one attached hydrogen (secondary N) is 2. The second kappa shape index (κ2) is 11.1. The van der Waals surface area contributed by atoms with Crippen LogP contribution in [0, 0.1) is 5.92 Å². The number of aliphatic hydroxyl groups is 1. The Bertz CT molecular complexity index is 1220. The molecule has 2 aromatic rings. The number of rotatable bonds is 7. The normalized spacial score (nSPS) is 28.0. The molecule has 1 amide bonds. The van der Waals surface area contributed by atoms with Crippen molar-refractivity contribution in [2.24, 2.45) is 11.7 Å². The predicted octanol–water partition coefficient (Wildman–Crippen LogP) is 2.53. The number of carbonyl (C=O) groups is 2. The number of amides is 1. The van der Waals surface area contributed by atoms with Gasteiger partial charge in [-0.15, -0.1) is 0 Å². The number of halogens is 3. The van der Waals surface area contributed by atoms with Crippen molar-refractivity contribution in [3.05, 3.63) is 53.5 Å². The van der Waals surface area contributed by atoms with Gasteiger partial charge in [0.25, 0.3) is 0 Å². The van der Waals surface area contributed by atoms with Crippen LogP contribution >= 0.6 is 0 Å². The van der Waals surface area contributed by atoms with Gasteiger partial charge in [0, 0.05) is 44.0 Å². The van der Waals surface area contributed by atoms with Gasteiger partial charge in [-0.3, -0.25) is 14.6 Å². The smallest absolute Gasteiger partial charge is 0.384 e. The molecule has 2 saturated heterocycles. The molecule has 1 aliphatic carbocycles. The molecule has 12 heteroatoms. The first-order valence-corrected chi connectivity index (χ1v) is 13.8. The lowest BCUT2D eigenvalue weighted by atomic mass is 9.76. The number of hydrogen-bond donors (Lipinski definition) is 4. The summed E-state index contributed by atoms with van der Waals surface area (Å²) in [6, 6.07) is 5.28. The van der Waals surface area contributed by atoms with Gasteiger partial charge in [-0.05, 0) is 75.8 Å². The van der Waals surface area contributed by atoms with E-state index in [4.69, 9.17) is 5.73 Å². The number of anilines is 1. The Morgan fingerprint density at radius 2 is 1.80 bits per heavy atom. The van der Waals surface area contributed by atoms with Crippen LogP contribution in [0.4, 0.5) is 19.0 Å². The fraction of sp³-hybridized carbons (Fsp3) is 0.571. The molecule has 0 aromatic carbocycles. The van der Waals surface area contributed by atoms with Crippen LogP contribution in [0.15, 0.2) is 36.7 Å². The van der Waals surface area contributed by atoms with E-state index >= 15 is 0 Å². The monoisotopic (exact) mass is 560 g/mol. The maximum absolute atomic E-state index is 13.9. The summed E-state index contributed by atoms with van der Waals surface area (Å²) >= 11 is 0.